The number of nitrogens with two attached hydrogens (primary N) is 1. The molecule has 18 heavy (non-hydrogen) atoms. The summed E-state index contributed by atoms with van der Waals surface area (Å²) in [5.74, 6) is 0. The molecule has 2 rings (SSSR count). The number of hydrogen-bond acceptors (Lipinski definition) is 3. The highest BCUT2D eigenvalue weighted by Crippen LogP contribution is 2.37. The summed E-state index contributed by atoms with van der Waals surface area (Å²) in [5, 5.41) is 5.12. The first-order valence-electron chi connectivity index (χ1n) is 5.72. The van der Waals surface area contributed by atoms with Crippen molar-refractivity contribution in [2.24, 2.45) is 12.8 Å². The Morgan fingerprint density at radius 3 is 2.50 bits per heavy atom. The van der Waals surface area contributed by atoms with E-state index in [4.69, 9.17) is 17.3 Å². The summed E-state index contributed by atoms with van der Waals surface area (Å²) in [4.78, 5) is 1.12. The molecule has 0 amide bonds. The smallest absolute Gasteiger partial charge is 0.0626 e. The Morgan fingerprint density at radius 2 is 2.00 bits per heavy atom. The van der Waals surface area contributed by atoms with Crippen molar-refractivity contribution in [3.63, 3.8) is 0 Å². The average molecular weight is 282 g/mol. The second kappa shape index (κ2) is 5.78. The van der Waals surface area contributed by atoms with E-state index in [0.717, 1.165) is 9.92 Å². The zero-order chi connectivity index (χ0) is 13.1. The fourth-order valence-electron chi connectivity index (χ4n) is 1.74. The standard InChI is InChI=1S/C13H16ClN3S/c1-9(15)13(10-3-5-11(14)6-4-10)18-12-7-16-17(2)8-12/h3-9,13H,15H2,1-2H3. The molecule has 2 aromatic rings. The Hall–Kier alpha value is -0.970. The van der Waals surface area contributed by atoms with Crippen LogP contribution in [0, 0.1) is 0 Å². The molecule has 1 heterocycles. The number of aromatic nitrogens is 2. The van der Waals surface area contributed by atoms with E-state index in [9.17, 15) is 0 Å². The molecule has 0 aliphatic heterocycles. The normalized spacial score (nSPS) is 14.4. The summed E-state index contributed by atoms with van der Waals surface area (Å²) in [6.07, 6.45) is 3.85. The lowest BCUT2D eigenvalue weighted by Gasteiger charge is -2.20. The third-order valence-corrected chi connectivity index (χ3v) is 4.31. The molecule has 1 aromatic carbocycles. The molecular weight excluding hydrogens is 266 g/mol. The maximum absolute atomic E-state index is 6.08. The third-order valence-electron chi connectivity index (χ3n) is 2.62. The van der Waals surface area contributed by atoms with Gasteiger partial charge >= 0.3 is 0 Å². The van der Waals surface area contributed by atoms with Gasteiger partial charge in [0.25, 0.3) is 0 Å². The highest BCUT2D eigenvalue weighted by Gasteiger charge is 2.18. The maximum Gasteiger partial charge on any atom is 0.0626 e. The molecule has 2 N–H and O–H groups in total. The van der Waals surface area contributed by atoms with E-state index in [1.54, 1.807) is 16.4 Å². The van der Waals surface area contributed by atoms with Gasteiger partial charge in [0.1, 0.15) is 0 Å². The van der Waals surface area contributed by atoms with Gasteiger partial charge in [0, 0.05) is 34.5 Å². The molecule has 0 spiro atoms. The Kier molecular flexibility index (Phi) is 4.32. The van der Waals surface area contributed by atoms with Crippen LogP contribution in [0.1, 0.15) is 17.7 Å². The van der Waals surface area contributed by atoms with Crippen LogP contribution >= 0.6 is 23.4 Å². The van der Waals surface area contributed by atoms with Crippen LogP contribution in [-0.4, -0.2) is 15.8 Å². The average Bonchev–Trinajstić information content (AvgIpc) is 2.73. The maximum atomic E-state index is 6.08. The first-order chi connectivity index (χ1) is 8.56. The van der Waals surface area contributed by atoms with Gasteiger partial charge in [0.2, 0.25) is 0 Å². The Balaban J connectivity index is 2.20. The van der Waals surface area contributed by atoms with Gasteiger partial charge in [-0.2, -0.15) is 5.10 Å². The first kappa shape index (κ1) is 13.5. The highest BCUT2D eigenvalue weighted by molar-refractivity contribution is 7.99. The topological polar surface area (TPSA) is 43.8 Å². The lowest BCUT2D eigenvalue weighted by molar-refractivity contribution is 0.721. The van der Waals surface area contributed by atoms with Crippen molar-refractivity contribution in [1.82, 2.24) is 9.78 Å². The Labute approximate surface area is 116 Å². The minimum Gasteiger partial charge on any atom is -0.327 e. The van der Waals surface area contributed by atoms with E-state index in [-0.39, 0.29) is 11.3 Å². The van der Waals surface area contributed by atoms with Crippen LogP contribution in [0.4, 0.5) is 0 Å². The predicted octanol–water partition coefficient (Wildman–Crippen LogP) is 3.25. The molecule has 0 bridgehead atoms. The van der Waals surface area contributed by atoms with Crippen LogP contribution in [0.2, 0.25) is 5.02 Å². The van der Waals surface area contributed by atoms with Crippen molar-refractivity contribution in [3.05, 3.63) is 47.2 Å². The summed E-state index contributed by atoms with van der Waals surface area (Å²) in [6, 6.07) is 7.90. The molecule has 3 nitrogen and oxygen atoms in total. The van der Waals surface area contributed by atoms with Gasteiger partial charge in [-0.25, -0.2) is 0 Å². The van der Waals surface area contributed by atoms with E-state index in [0.29, 0.717) is 0 Å². The Morgan fingerprint density at radius 1 is 1.33 bits per heavy atom. The van der Waals surface area contributed by atoms with Crippen molar-refractivity contribution in [1.29, 1.82) is 0 Å². The van der Waals surface area contributed by atoms with Crippen molar-refractivity contribution in [2.45, 2.75) is 23.1 Å². The number of aryl methyl sites for hydroxylation is 1. The minimum absolute atomic E-state index is 0.0522. The number of rotatable bonds is 4. The van der Waals surface area contributed by atoms with E-state index >= 15 is 0 Å². The van der Waals surface area contributed by atoms with Crippen LogP contribution in [0.5, 0.6) is 0 Å². The second-order valence-corrected chi connectivity index (χ2v) is 5.95. The molecular formula is C13H16ClN3S. The van der Waals surface area contributed by atoms with E-state index in [1.807, 2.05) is 50.6 Å². The number of nitrogens with zero attached hydrogens (tertiary/aromatic N) is 2. The van der Waals surface area contributed by atoms with Gasteiger partial charge in [0.05, 0.1) is 6.20 Å². The zero-order valence-electron chi connectivity index (χ0n) is 10.4. The quantitative estimate of drug-likeness (QED) is 0.875. The van der Waals surface area contributed by atoms with Gasteiger partial charge in [-0.05, 0) is 24.6 Å². The Bertz CT molecular complexity index is 507. The van der Waals surface area contributed by atoms with Gasteiger partial charge < -0.3 is 5.73 Å². The van der Waals surface area contributed by atoms with E-state index in [2.05, 4.69) is 5.10 Å². The minimum atomic E-state index is 0.0522. The molecule has 0 aliphatic carbocycles. The SMILES string of the molecule is CC(N)C(Sc1cnn(C)c1)c1ccc(Cl)cc1. The lowest BCUT2D eigenvalue weighted by Crippen LogP contribution is -2.22. The molecule has 2 atom stereocenters. The largest absolute Gasteiger partial charge is 0.327 e. The number of benzene rings is 1. The summed E-state index contributed by atoms with van der Waals surface area (Å²) in [7, 11) is 1.91. The number of halogens is 1. The van der Waals surface area contributed by atoms with Crippen molar-refractivity contribution < 1.29 is 0 Å². The molecule has 0 saturated carbocycles. The predicted molar refractivity (Wildman–Crippen MR) is 76.9 cm³/mol. The van der Waals surface area contributed by atoms with E-state index in [1.165, 1.54) is 5.56 Å². The van der Waals surface area contributed by atoms with Gasteiger partial charge in [-0.15, -0.1) is 11.8 Å². The van der Waals surface area contributed by atoms with Crippen LogP contribution in [0.3, 0.4) is 0 Å². The van der Waals surface area contributed by atoms with Crippen molar-refractivity contribution in [3.8, 4) is 0 Å². The molecule has 96 valence electrons. The van der Waals surface area contributed by atoms with Crippen molar-refractivity contribution in [2.75, 3.05) is 0 Å². The first-order valence-corrected chi connectivity index (χ1v) is 6.98. The fraction of sp³-hybridized carbons (Fsp3) is 0.308. The number of hydrogen-bond donors (Lipinski definition) is 1. The summed E-state index contributed by atoms with van der Waals surface area (Å²) >= 11 is 7.63. The molecule has 1 aromatic heterocycles. The van der Waals surface area contributed by atoms with Crippen LogP contribution in [-0.2, 0) is 7.05 Å². The third kappa shape index (κ3) is 3.28. The molecule has 0 aliphatic rings. The lowest BCUT2D eigenvalue weighted by atomic mass is 10.1. The molecule has 0 radical (unpaired) electrons. The fourth-order valence-corrected chi connectivity index (χ4v) is 2.99. The summed E-state index contributed by atoms with van der Waals surface area (Å²) in [5.41, 5.74) is 7.26. The summed E-state index contributed by atoms with van der Waals surface area (Å²) in [6.45, 7) is 2.02. The van der Waals surface area contributed by atoms with Gasteiger partial charge in [-0.3, -0.25) is 4.68 Å². The molecule has 5 heteroatoms. The van der Waals surface area contributed by atoms with Gasteiger partial charge in [-0.1, -0.05) is 23.7 Å². The van der Waals surface area contributed by atoms with Gasteiger partial charge in [0.15, 0.2) is 0 Å². The van der Waals surface area contributed by atoms with E-state index < -0.39 is 0 Å². The van der Waals surface area contributed by atoms with Crippen LogP contribution < -0.4 is 5.73 Å². The second-order valence-electron chi connectivity index (χ2n) is 4.30. The number of thioether (sulfide) groups is 1. The van der Waals surface area contributed by atoms with Crippen LogP contribution in [0.15, 0.2) is 41.6 Å². The highest BCUT2D eigenvalue weighted by atomic mass is 35.5. The molecule has 0 fully saturated rings. The molecule has 2 unspecified atom stereocenters. The van der Waals surface area contributed by atoms with Crippen molar-refractivity contribution >= 4 is 23.4 Å². The zero-order valence-corrected chi connectivity index (χ0v) is 11.9. The summed E-state index contributed by atoms with van der Waals surface area (Å²) < 4.78 is 1.79. The monoisotopic (exact) mass is 281 g/mol. The molecule has 0 saturated heterocycles. The van der Waals surface area contributed by atoms with Crippen LogP contribution in [0.25, 0.3) is 0 Å².